The van der Waals surface area contributed by atoms with Gasteiger partial charge in [-0.1, -0.05) is 78.9 Å². The lowest BCUT2D eigenvalue weighted by atomic mass is 10.2. The van der Waals surface area contributed by atoms with Crippen LogP contribution in [0.25, 0.3) is 0 Å². The number of nitrogens with one attached hydrogen (secondary N) is 1. The van der Waals surface area contributed by atoms with Crippen molar-refractivity contribution in [1.29, 1.82) is 0 Å². The predicted octanol–water partition coefficient (Wildman–Crippen LogP) is 5.20. The fraction of sp³-hybridized carbons (Fsp3) is 0.0400. The van der Waals surface area contributed by atoms with Crippen LogP contribution in [0.1, 0.15) is 0 Å². The maximum Gasteiger partial charge on any atom is 0.119 e. The third-order valence-corrected chi connectivity index (χ3v) is 7.01. The van der Waals surface area contributed by atoms with E-state index in [0.717, 1.165) is 17.1 Å². The van der Waals surface area contributed by atoms with E-state index in [4.69, 9.17) is 4.74 Å². The van der Waals surface area contributed by atoms with Crippen LogP contribution in [0.15, 0.2) is 109 Å². The minimum absolute atomic E-state index is 0.727. The summed E-state index contributed by atoms with van der Waals surface area (Å²) < 4.78 is 5.56. The van der Waals surface area contributed by atoms with Gasteiger partial charge in [-0.05, 0) is 48.9 Å². The lowest BCUT2D eigenvalue weighted by molar-refractivity contribution is 0.415. The molecule has 0 saturated carbocycles. The lowest BCUT2D eigenvalue weighted by Gasteiger charge is -2.23. The van der Waals surface area contributed by atoms with E-state index in [1.54, 1.807) is 7.11 Å². The smallest absolute Gasteiger partial charge is 0.119 e. The Morgan fingerprint density at radius 2 is 1.18 bits per heavy atom. The maximum absolute atomic E-state index is 5.56. The number of ether oxygens (including phenoxy) is 1. The third kappa shape index (κ3) is 4.08. The molecule has 28 heavy (non-hydrogen) atoms. The van der Waals surface area contributed by atoms with E-state index in [9.17, 15) is 0 Å². The molecule has 4 aromatic carbocycles. The normalized spacial score (nSPS) is 10.6. The molecule has 0 bridgehead atoms. The van der Waals surface area contributed by atoms with Crippen LogP contribution in [-0.2, 0) is 0 Å². The van der Waals surface area contributed by atoms with Crippen LogP contribution < -0.4 is 26.0 Å². The van der Waals surface area contributed by atoms with Gasteiger partial charge < -0.3 is 10.1 Å². The highest BCUT2D eigenvalue weighted by molar-refractivity contribution is 7.80. The zero-order chi connectivity index (χ0) is 19.2. The average Bonchev–Trinajstić information content (AvgIpc) is 2.77. The first-order valence-corrected chi connectivity index (χ1v) is 10.6. The van der Waals surface area contributed by atoms with Crippen molar-refractivity contribution in [1.82, 2.24) is 0 Å². The van der Waals surface area contributed by atoms with Gasteiger partial charge in [-0.2, -0.15) is 0 Å². The quantitative estimate of drug-likeness (QED) is 0.462. The number of anilines is 2. The van der Waals surface area contributed by atoms with Crippen LogP contribution in [0.3, 0.4) is 0 Å². The molecular formula is C25H22NOP. The largest absolute Gasteiger partial charge is 0.497 e. The molecule has 0 radical (unpaired) electrons. The SMILES string of the molecule is COc1ccc(Nc2ccccc2)c(P(c2ccccc2)c2ccccc2)c1. The summed E-state index contributed by atoms with van der Waals surface area (Å²) in [5, 5.41) is 7.48. The summed E-state index contributed by atoms with van der Waals surface area (Å²) >= 11 is 0. The van der Waals surface area contributed by atoms with E-state index in [1.165, 1.54) is 15.9 Å². The van der Waals surface area contributed by atoms with Gasteiger partial charge in [0, 0.05) is 16.7 Å². The molecule has 0 atom stereocenters. The maximum atomic E-state index is 5.56. The summed E-state index contributed by atoms with van der Waals surface area (Å²) in [6, 6.07) is 38.0. The van der Waals surface area contributed by atoms with E-state index in [0.29, 0.717) is 0 Å². The second kappa shape index (κ2) is 8.73. The summed E-state index contributed by atoms with van der Waals surface area (Å²) in [4.78, 5) is 0. The van der Waals surface area contributed by atoms with Gasteiger partial charge in [0.1, 0.15) is 5.75 Å². The molecule has 0 aliphatic carbocycles. The lowest BCUT2D eigenvalue weighted by Crippen LogP contribution is -2.22. The molecule has 0 unspecified atom stereocenters. The van der Waals surface area contributed by atoms with Crippen molar-refractivity contribution in [3.8, 4) is 5.75 Å². The second-order valence-electron chi connectivity index (χ2n) is 6.38. The third-order valence-electron chi connectivity index (χ3n) is 4.53. The Kier molecular flexibility index (Phi) is 5.70. The van der Waals surface area contributed by atoms with Crippen molar-refractivity contribution in [3.05, 3.63) is 109 Å². The van der Waals surface area contributed by atoms with Crippen molar-refractivity contribution in [3.63, 3.8) is 0 Å². The van der Waals surface area contributed by atoms with E-state index in [1.807, 2.05) is 24.3 Å². The van der Waals surface area contributed by atoms with E-state index in [-0.39, 0.29) is 0 Å². The number of hydrogen-bond acceptors (Lipinski definition) is 2. The van der Waals surface area contributed by atoms with Crippen LogP contribution in [0.5, 0.6) is 5.75 Å². The first-order chi connectivity index (χ1) is 13.8. The monoisotopic (exact) mass is 383 g/mol. The van der Waals surface area contributed by atoms with Gasteiger partial charge in [0.2, 0.25) is 0 Å². The number of benzene rings is 4. The van der Waals surface area contributed by atoms with Crippen molar-refractivity contribution in [2.24, 2.45) is 0 Å². The number of rotatable bonds is 6. The summed E-state index contributed by atoms with van der Waals surface area (Å²) in [6.45, 7) is 0. The molecule has 0 spiro atoms. The Hall–Kier alpha value is -3.09. The molecule has 138 valence electrons. The standard InChI is InChI=1S/C25H22NOP/c1-27-21-17-18-24(26-20-11-5-2-6-12-20)25(19-21)28(22-13-7-3-8-14-22)23-15-9-4-10-16-23/h2-19,26H,1H3. The summed E-state index contributed by atoms with van der Waals surface area (Å²) in [5.74, 6) is 0.868. The highest BCUT2D eigenvalue weighted by atomic mass is 31.1. The Bertz CT molecular complexity index is 981. The Balaban J connectivity index is 1.87. The van der Waals surface area contributed by atoms with Gasteiger partial charge in [-0.15, -0.1) is 0 Å². The minimum Gasteiger partial charge on any atom is -0.497 e. The van der Waals surface area contributed by atoms with Gasteiger partial charge in [0.25, 0.3) is 0 Å². The highest BCUT2D eigenvalue weighted by Gasteiger charge is 2.20. The number of methoxy groups -OCH3 is 1. The first-order valence-electron chi connectivity index (χ1n) is 9.25. The van der Waals surface area contributed by atoms with Crippen molar-refractivity contribution < 1.29 is 4.74 Å². The Labute approximate surface area is 167 Å². The molecular weight excluding hydrogens is 361 g/mol. The Morgan fingerprint density at radius 1 is 0.643 bits per heavy atom. The molecule has 0 aromatic heterocycles. The number of hydrogen-bond donors (Lipinski definition) is 1. The molecule has 3 heteroatoms. The summed E-state index contributed by atoms with van der Waals surface area (Å²) in [6.07, 6.45) is 0. The number of para-hydroxylation sites is 1. The second-order valence-corrected chi connectivity index (χ2v) is 8.57. The van der Waals surface area contributed by atoms with Crippen LogP contribution >= 0.6 is 7.92 Å². The fourth-order valence-corrected chi connectivity index (χ4v) is 5.61. The van der Waals surface area contributed by atoms with E-state index in [2.05, 4.69) is 90.2 Å². The average molecular weight is 383 g/mol. The molecule has 0 heterocycles. The minimum atomic E-state index is -0.727. The molecule has 4 rings (SSSR count). The summed E-state index contributed by atoms with van der Waals surface area (Å²) in [5.41, 5.74) is 2.18. The van der Waals surface area contributed by atoms with Gasteiger partial charge in [0.05, 0.1) is 7.11 Å². The van der Waals surface area contributed by atoms with Crippen molar-refractivity contribution in [2.45, 2.75) is 0 Å². The molecule has 0 amide bonds. The highest BCUT2D eigenvalue weighted by Crippen LogP contribution is 2.37. The summed E-state index contributed by atoms with van der Waals surface area (Å²) in [7, 11) is 0.992. The first kappa shape index (κ1) is 18.3. The Morgan fingerprint density at radius 3 is 1.71 bits per heavy atom. The molecule has 0 fully saturated rings. The van der Waals surface area contributed by atoms with E-state index >= 15 is 0 Å². The van der Waals surface area contributed by atoms with Crippen LogP contribution in [0.2, 0.25) is 0 Å². The molecule has 1 N–H and O–H groups in total. The molecule has 0 aliphatic rings. The fourth-order valence-electron chi connectivity index (χ4n) is 3.19. The van der Waals surface area contributed by atoms with Gasteiger partial charge in [0.15, 0.2) is 0 Å². The van der Waals surface area contributed by atoms with Gasteiger partial charge in [-0.25, -0.2) is 0 Å². The van der Waals surface area contributed by atoms with Crippen LogP contribution in [0.4, 0.5) is 11.4 Å². The molecule has 0 aliphatic heterocycles. The van der Waals surface area contributed by atoms with Crippen LogP contribution in [0, 0.1) is 0 Å². The topological polar surface area (TPSA) is 21.3 Å². The molecule has 0 saturated heterocycles. The van der Waals surface area contributed by atoms with Crippen LogP contribution in [-0.4, -0.2) is 7.11 Å². The van der Waals surface area contributed by atoms with Gasteiger partial charge >= 0.3 is 0 Å². The van der Waals surface area contributed by atoms with E-state index < -0.39 is 7.92 Å². The zero-order valence-electron chi connectivity index (χ0n) is 15.7. The molecule has 4 aromatic rings. The predicted molar refractivity (Wildman–Crippen MR) is 121 cm³/mol. The van der Waals surface area contributed by atoms with Gasteiger partial charge in [-0.3, -0.25) is 0 Å². The van der Waals surface area contributed by atoms with Crippen molar-refractivity contribution >= 4 is 35.2 Å². The van der Waals surface area contributed by atoms with Crippen molar-refractivity contribution in [2.75, 3.05) is 12.4 Å². The molecule has 2 nitrogen and oxygen atoms in total. The zero-order valence-corrected chi connectivity index (χ0v) is 16.6.